The molecule has 0 bridgehead atoms. The first-order valence-corrected chi connectivity index (χ1v) is 59.4. The SMILES string of the molecule is C[Si]1(C)c2ccccc2-c2c(-c3nc(-c4ccc(-c5ccccc5)cc4)nc(-c4ccc(-c5cccc6ccccc56)cc4)n3)cccc21.C[Si]1(C)c2ccccc2-c2cc(-c3nc(-c4ccc(-c5ccccc5)cc4)nc(-c4ccc(-c5cccc6ccccc56)cc4)n3)ccc21.C[Si]1(C)c2ccccc2-c2ccc(-c3nc(-c4ccc(-c5ccccc5)cc4)nc(-c4ccc(-c5cccc6ccccc56)cc4)n3)cc21. The van der Waals surface area contributed by atoms with Gasteiger partial charge in [0.1, 0.15) is 24.2 Å². The van der Waals surface area contributed by atoms with Crippen LogP contribution in [0.4, 0.5) is 0 Å². The Balaban J connectivity index is 0.000000115. The Morgan fingerprint density at radius 1 is 0.122 bits per heavy atom. The highest BCUT2D eigenvalue weighted by Gasteiger charge is 2.41. The van der Waals surface area contributed by atoms with Crippen LogP contribution in [0.2, 0.25) is 39.3 Å². The van der Waals surface area contributed by atoms with Crippen molar-refractivity contribution in [2.75, 3.05) is 0 Å². The fourth-order valence-corrected chi connectivity index (χ4v) is 31.3. The summed E-state index contributed by atoms with van der Waals surface area (Å²) in [5.74, 6) is 6.04. The van der Waals surface area contributed by atoms with Crippen LogP contribution in [-0.4, -0.2) is 69.1 Å². The van der Waals surface area contributed by atoms with Gasteiger partial charge in [0, 0.05) is 50.1 Å². The van der Waals surface area contributed by atoms with E-state index >= 15 is 0 Å². The normalized spacial score (nSPS) is 12.9. The fourth-order valence-electron chi connectivity index (χ4n) is 22.1. The lowest BCUT2D eigenvalue weighted by atomic mass is 9.97. The molecule has 0 radical (unpaired) electrons. The molecule has 0 saturated carbocycles. The van der Waals surface area contributed by atoms with Gasteiger partial charge in [-0.2, -0.15) is 0 Å². The van der Waals surface area contributed by atoms with Crippen molar-refractivity contribution in [3.05, 3.63) is 491 Å². The van der Waals surface area contributed by atoms with Crippen molar-refractivity contribution in [1.29, 1.82) is 0 Å². The van der Waals surface area contributed by atoms with E-state index in [1.54, 1.807) is 0 Å². The minimum absolute atomic E-state index is 0.659. The molecule has 0 aliphatic carbocycles. The lowest BCUT2D eigenvalue weighted by molar-refractivity contribution is 1.07. The third-order valence-corrected chi connectivity index (χ3v) is 40.6. The topological polar surface area (TPSA) is 116 Å². The van der Waals surface area contributed by atoms with Gasteiger partial charge in [-0.3, -0.25) is 0 Å². The van der Waals surface area contributed by atoms with Gasteiger partial charge in [-0.25, -0.2) is 44.9 Å². The first kappa shape index (κ1) is 90.4. The van der Waals surface area contributed by atoms with Gasteiger partial charge in [0.15, 0.2) is 52.4 Å². The molecule has 3 aliphatic rings. The molecular weight excluding hydrogens is 1830 g/mol. The predicted molar refractivity (Wildman–Crippen MR) is 620 cm³/mol. The number of benzene rings is 21. The summed E-state index contributed by atoms with van der Waals surface area (Å²) < 4.78 is 0. The van der Waals surface area contributed by atoms with Crippen LogP contribution in [-0.2, 0) is 0 Å². The summed E-state index contributed by atoms with van der Waals surface area (Å²) in [5.41, 5.74) is 30.9. The van der Waals surface area contributed by atoms with Crippen molar-refractivity contribution in [3.63, 3.8) is 0 Å². The second-order valence-corrected chi connectivity index (χ2v) is 52.8. The summed E-state index contributed by atoms with van der Waals surface area (Å²) >= 11 is 0. The van der Waals surface area contributed by atoms with Crippen molar-refractivity contribution in [2.45, 2.75) is 39.3 Å². The van der Waals surface area contributed by atoms with Crippen LogP contribution in [0.1, 0.15) is 0 Å². The Hall–Kier alpha value is -17.9. The molecule has 12 heteroatoms. The van der Waals surface area contributed by atoms with Gasteiger partial charge in [-0.15, -0.1) is 0 Å². The zero-order valence-electron chi connectivity index (χ0n) is 82.3. The first-order chi connectivity index (χ1) is 72.1. The summed E-state index contributed by atoms with van der Waals surface area (Å²) in [6.07, 6.45) is 0. The lowest BCUT2D eigenvalue weighted by Gasteiger charge is -2.19. The fraction of sp³-hybridized carbons (Fsp3) is 0.0444. The standard InChI is InChI=1S/3C45H33N3Si/c1-49(2)40-20-9-8-17-38(40)42-39(19-11-21-41(42)49)45-47-43(34-26-22-31(23-27-34)30-12-4-3-5-13-30)46-44(48-45)35-28-24-33(25-29-35)37-18-10-15-32-14-6-7-16-36(32)37;1-49(2)41-18-9-8-16-39(41)40-29-36(27-28-42(40)49)45-47-43(34-23-19-31(20-24-34)30-11-4-3-5-12-30)46-44(48-45)35-25-21-33(22-26-35)38-17-10-14-32-13-6-7-15-37(32)38;1-49(2)41-18-9-8-16-39(41)40-28-27-36(29-42(40)49)45-47-43(34-23-19-31(20-24-34)30-11-4-3-5-12-30)46-44(48-45)35-25-21-33(22-26-35)38-17-10-14-32-13-6-7-15-37(32)38/h3*3-29H,1-2H3. The Morgan fingerprint density at radius 2 is 0.340 bits per heavy atom. The van der Waals surface area contributed by atoms with Crippen molar-refractivity contribution >= 4 is 87.7 Å². The lowest BCUT2D eigenvalue weighted by Crippen LogP contribution is -2.49. The Bertz CT molecular complexity index is 9180. The molecule has 0 N–H and O–H groups in total. The monoisotopic (exact) mass is 1930 g/mol. The second kappa shape index (κ2) is 37.7. The molecule has 9 nitrogen and oxygen atoms in total. The second-order valence-electron chi connectivity index (χ2n) is 39.8. The number of nitrogens with zero attached hydrogens (tertiary/aromatic N) is 9. The van der Waals surface area contributed by atoms with E-state index in [0.717, 1.165) is 83.5 Å². The van der Waals surface area contributed by atoms with Gasteiger partial charge in [-0.1, -0.05) is 525 Å². The molecule has 0 saturated heterocycles. The van der Waals surface area contributed by atoms with Crippen LogP contribution in [0.5, 0.6) is 0 Å². The Labute approximate surface area is 859 Å². The molecule has 696 valence electrons. The average Bonchev–Trinajstić information content (AvgIpc) is 1.57. The molecule has 24 aromatic rings. The first-order valence-electron chi connectivity index (χ1n) is 50.4. The van der Waals surface area contributed by atoms with Crippen molar-refractivity contribution < 1.29 is 0 Å². The molecule has 0 amide bonds. The maximum atomic E-state index is 5.21. The maximum absolute atomic E-state index is 5.21. The van der Waals surface area contributed by atoms with Crippen LogP contribution < -0.4 is 31.1 Å². The minimum Gasteiger partial charge on any atom is -0.208 e. The average molecular weight is 1930 g/mol. The Morgan fingerprint density at radius 3 is 0.721 bits per heavy atom. The third-order valence-electron chi connectivity index (χ3n) is 29.9. The number of hydrogen-bond donors (Lipinski definition) is 0. The van der Waals surface area contributed by atoms with Gasteiger partial charge in [0.25, 0.3) is 0 Å². The summed E-state index contributed by atoms with van der Waals surface area (Å²) in [7, 11) is -5.51. The van der Waals surface area contributed by atoms with Crippen LogP contribution in [0.25, 0.3) is 235 Å². The highest BCUT2D eigenvalue weighted by atomic mass is 28.3. The van der Waals surface area contributed by atoms with Crippen LogP contribution in [0, 0.1) is 0 Å². The molecule has 27 rings (SSSR count). The zero-order valence-corrected chi connectivity index (χ0v) is 85.3. The highest BCUT2D eigenvalue weighted by Crippen LogP contribution is 2.43. The summed E-state index contributed by atoms with van der Waals surface area (Å²) in [4.78, 5) is 46.1. The molecule has 0 unspecified atom stereocenters. The van der Waals surface area contributed by atoms with Gasteiger partial charge in [0.2, 0.25) is 0 Å². The molecule has 147 heavy (non-hydrogen) atoms. The summed E-state index contributed by atoms with van der Waals surface area (Å²) in [6.45, 7) is 14.7. The molecule has 6 heterocycles. The third kappa shape index (κ3) is 17.0. The molecule has 3 aliphatic heterocycles. The van der Waals surface area contributed by atoms with Crippen LogP contribution in [0.15, 0.2) is 491 Å². The van der Waals surface area contributed by atoms with E-state index in [2.05, 4.69) is 512 Å². The number of hydrogen-bond acceptors (Lipinski definition) is 9. The van der Waals surface area contributed by atoms with Gasteiger partial charge in [-0.05, 0) is 170 Å². The Kier molecular flexibility index (Phi) is 23.2. The molecule has 0 atom stereocenters. The van der Waals surface area contributed by atoms with E-state index in [1.807, 2.05) is 18.2 Å². The van der Waals surface area contributed by atoms with E-state index in [-0.39, 0.29) is 0 Å². The molecule has 3 aromatic heterocycles. The highest BCUT2D eigenvalue weighted by molar-refractivity contribution is 7.05. The molecule has 0 fully saturated rings. The molecular formula is C135H99N9Si3. The van der Waals surface area contributed by atoms with E-state index in [4.69, 9.17) is 44.9 Å². The van der Waals surface area contributed by atoms with E-state index < -0.39 is 24.2 Å². The van der Waals surface area contributed by atoms with Crippen LogP contribution >= 0.6 is 0 Å². The van der Waals surface area contributed by atoms with Crippen molar-refractivity contribution in [3.8, 4) is 203 Å². The smallest absolute Gasteiger partial charge is 0.164 e. The van der Waals surface area contributed by atoms with Gasteiger partial charge >= 0.3 is 0 Å². The number of rotatable bonds is 15. The summed E-state index contributed by atoms with van der Waals surface area (Å²) in [6, 6.07) is 175. The predicted octanol–water partition coefficient (Wildman–Crippen LogP) is 30.5. The van der Waals surface area contributed by atoms with E-state index in [9.17, 15) is 0 Å². The van der Waals surface area contributed by atoms with Gasteiger partial charge in [0.05, 0.1) is 0 Å². The van der Waals surface area contributed by atoms with Crippen LogP contribution in [0.3, 0.4) is 0 Å². The van der Waals surface area contributed by atoms with Crippen molar-refractivity contribution in [2.24, 2.45) is 0 Å². The van der Waals surface area contributed by atoms with E-state index in [1.165, 1.54) is 130 Å². The summed E-state index contributed by atoms with van der Waals surface area (Å²) in [5, 5.41) is 16.2. The number of fused-ring (bicyclic) bond motifs is 12. The number of aromatic nitrogens is 9. The zero-order chi connectivity index (χ0) is 98.9. The largest absolute Gasteiger partial charge is 0.208 e. The van der Waals surface area contributed by atoms with Gasteiger partial charge < -0.3 is 0 Å². The quantitative estimate of drug-likeness (QED) is 0.0925. The van der Waals surface area contributed by atoms with Crippen molar-refractivity contribution in [1.82, 2.24) is 44.9 Å². The molecule has 0 spiro atoms. The molecule has 21 aromatic carbocycles. The maximum Gasteiger partial charge on any atom is 0.164 e. The van der Waals surface area contributed by atoms with E-state index in [0.29, 0.717) is 52.4 Å². The minimum atomic E-state index is -1.87.